The lowest BCUT2D eigenvalue weighted by molar-refractivity contribution is -0.198. The Kier molecular flexibility index (Phi) is 7.62. The van der Waals surface area contributed by atoms with Gasteiger partial charge in [-0.05, 0) is 16.7 Å². The third-order valence-electron chi connectivity index (χ3n) is 5.75. The van der Waals surface area contributed by atoms with Crippen molar-refractivity contribution in [3.8, 4) is 0 Å². The number of benzene rings is 3. The van der Waals surface area contributed by atoms with Crippen LogP contribution in [-0.2, 0) is 28.8 Å². The molecule has 0 aliphatic carbocycles. The Hall–Kier alpha value is -3.91. The van der Waals surface area contributed by atoms with Crippen molar-refractivity contribution in [1.29, 1.82) is 0 Å². The van der Waals surface area contributed by atoms with Crippen LogP contribution in [0.15, 0.2) is 91.0 Å². The van der Waals surface area contributed by atoms with E-state index in [1.165, 1.54) is 11.8 Å². The van der Waals surface area contributed by atoms with E-state index in [0.717, 1.165) is 16.7 Å². The summed E-state index contributed by atoms with van der Waals surface area (Å²) in [7, 11) is 0. The Morgan fingerprint density at radius 3 is 1.69 bits per heavy atom. The summed E-state index contributed by atoms with van der Waals surface area (Å²) in [6, 6.07) is 28.6. The van der Waals surface area contributed by atoms with Crippen molar-refractivity contribution in [1.82, 2.24) is 10.4 Å². The molecule has 7 nitrogen and oxygen atoms in total. The molecule has 1 heterocycles. The number of rotatable bonds is 10. The van der Waals surface area contributed by atoms with Gasteiger partial charge in [0.05, 0.1) is 4.75 Å². The van der Waals surface area contributed by atoms with Crippen molar-refractivity contribution in [2.45, 2.75) is 23.6 Å². The van der Waals surface area contributed by atoms with Crippen LogP contribution in [0.3, 0.4) is 0 Å². The molecule has 0 saturated carbocycles. The summed E-state index contributed by atoms with van der Waals surface area (Å²) in [6.07, 6.45) is 0.396. The highest BCUT2D eigenvalue weighted by Gasteiger charge is 2.40. The van der Waals surface area contributed by atoms with E-state index in [4.69, 9.17) is 4.84 Å². The summed E-state index contributed by atoms with van der Waals surface area (Å²) in [5.41, 5.74) is 2.97. The molecule has 3 amide bonds. The molecule has 1 aliphatic heterocycles. The van der Waals surface area contributed by atoms with E-state index in [-0.39, 0.29) is 18.6 Å². The number of thioether (sulfide) groups is 1. The number of nitrogens with zero attached hydrogens (tertiary/aromatic N) is 1. The molecule has 1 aliphatic rings. The zero-order valence-electron chi connectivity index (χ0n) is 18.8. The van der Waals surface area contributed by atoms with Gasteiger partial charge in [0.15, 0.2) is 0 Å². The maximum Gasteiger partial charge on any atom is 0.356 e. The average Bonchev–Trinajstić information content (AvgIpc) is 3.22. The lowest BCUT2D eigenvalue weighted by Crippen LogP contribution is -2.45. The van der Waals surface area contributed by atoms with Crippen molar-refractivity contribution in [3.63, 3.8) is 0 Å². The van der Waals surface area contributed by atoms with Crippen molar-refractivity contribution >= 4 is 36.0 Å². The summed E-state index contributed by atoms with van der Waals surface area (Å²) in [5.74, 6) is -1.91. The minimum absolute atomic E-state index is 0.00816. The number of amides is 3. The molecule has 0 spiro atoms. The lowest BCUT2D eigenvalue weighted by Gasteiger charge is -2.36. The van der Waals surface area contributed by atoms with Crippen LogP contribution in [-0.4, -0.2) is 41.1 Å². The van der Waals surface area contributed by atoms with E-state index in [1.54, 1.807) is 0 Å². The van der Waals surface area contributed by atoms with Gasteiger partial charge in [-0.3, -0.25) is 14.4 Å². The van der Waals surface area contributed by atoms with Gasteiger partial charge in [0.2, 0.25) is 6.41 Å². The van der Waals surface area contributed by atoms with Crippen LogP contribution in [0.25, 0.3) is 0 Å². The second kappa shape index (κ2) is 11.0. The fourth-order valence-electron chi connectivity index (χ4n) is 4.05. The minimum Gasteiger partial charge on any atom is -0.345 e. The van der Waals surface area contributed by atoms with Crippen molar-refractivity contribution in [2.75, 3.05) is 5.75 Å². The first-order valence-corrected chi connectivity index (χ1v) is 12.1. The standard InChI is InChI=1S/C27H24N2O5S/c30-19-28-23(26(33)34-29-24(31)16-17-25(29)32)18-35-27(20-10-4-1-5-11-20,21-12-6-2-7-13-21)22-14-8-3-9-15-22/h1-15,19,23H,16-18H2,(H,28,30)/t23-/m0/s1. The fourth-order valence-corrected chi connectivity index (χ4v) is 5.61. The Morgan fingerprint density at radius 2 is 1.29 bits per heavy atom. The van der Waals surface area contributed by atoms with Crippen LogP contribution in [0.1, 0.15) is 29.5 Å². The van der Waals surface area contributed by atoms with Crippen LogP contribution in [0, 0.1) is 0 Å². The topological polar surface area (TPSA) is 92.8 Å². The van der Waals surface area contributed by atoms with Gasteiger partial charge < -0.3 is 10.2 Å². The molecule has 1 saturated heterocycles. The molecular formula is C27H24N2O5S. The fraction of sp³-hybridized carbons (Fsp3) is 0.185. The first kappa shape index (κ1) is 24.2. The van der Waals surface area contributed by atoms with E-state index < -0.39 is 28.6 Å². The minimum atomic E-state index is -1.09. The van der Waals surface area contributed by atoms with Gasteiger partial charge in [-0.25, -0.2) is 4.79 Å². The number of hydrogen-bond donors (Lipinski definition) is 1. The highest BCUT2D eigenvalue weighted by molar-refractivity contribution is 8.00. The van der Waals surface area contributed by atoms with Crippen LogP contribution in [0.4, 0.5) is 0 Å². The normalized spacial score (nSPS) is 14.5. The zero-order valence-corrected chi connectivity index (χ0v) is 19.6. The maximum absolute atomic E-state index is 12.9. The van der Waals surface area contributed by atoms with E-state index >= 15 is 0 Å². The van der Waals surface area contributed by atoms with Crippen LogP contribution in [0.5, 0.6) is 0 Å². The quantitative estimate of drug-likeness (QED) is 0.267. The van der Waals surface area contributed by atoms with Crippen molar-refractivity contribution in [3.05, 3.63) is 108 Å². The summed E-state index contributed by atoms with van der Waals surface area (Å²) in [5, 5.41) is 2.98. The average molecular weight is 489 g/mol. The van der Waals surface area contributed by atoms with Gasteiger partial charge in [0.25, 0.3) is 11.8 Å². The molecule has 1 N–H and O–H groups in total. The summed E-state index contributed by atoms with van der Waals surface area (Å²) >= 11 is 1.45. The third-order valence-corrected chi connectivity index (χ3v) is 7.39. The molecule has 178 valence electrons. The van der Waals surface area contributed by atoms with Gasteiger partial charge in [0.1, 0.15) is 6.04 Å². The molecular weight excluding hydrogens is 464 g/mol. The molecule has 3 aromatic carbocycles. The van der Waals surface area contributed by atoms with Gasteiger partial charge in [-0.1, -0.05) is 91.0 Å². The van der Waals surface area contributed by atoms with E-state index in [2.05, 4.69) is 5.32 Å². The summed E-state index contributed by atoms with van der Waals surface area (Å²) < 4.78 is -0.716. The Morgan fingerprint density at radius 1 is 0.857 bits per heavy atom. The zero-order chi connectivity index (χ0) is 24.7. The molecule has 8 heteroatoms. The molecule has 1 fully saturated rings. The largest absolute Gasteiger partial charge is 0.356 e. The summed E-state index contributed by atoms with van der Waals surface area (Å²) in [6.45, 7) is 0. The molecule has 4 rings (SSSR count). The first-order chi connectivity index (χ1) is 17.1. The smallest absolute Gasteiger partial charge is 0.345 e. The van der Waals surface area contributed by atoms with Crippen LogP contribution >= 0.6 is 11.8 Å². The first-order valence-electron chi connectivity index (χ1n) is 11.1. The Bertz CT molecular complexity index is 1080. The summed E-state index contributed by atoms with van der Waals surface area (Å²) in [4.78, 5) is 53.2. The van der Waals surface area contributed by atoms with E-state index in [9.17, 15) is 19.2 Å². The molecule has 1 atom stereocenters. The monoisotopic (exact) mass is 488 g/mol. The second-order valence-electron chi connectivity index (χ2n) is 7.92. The van der Waals surface area contributed by atoms with Crippen LogP contribution in [0.2, 0.25) is 0 Å². The van der Waals surface area contributed by atoms with Crippen molar-refractivity contribution in [2.24, 2.45) is 0 Å². The van der Waals surface area contributed by atoms with Gasteiger partial charge in [-0.2, -0.15) is 0 Å². The number of hydrogen-bond acceptors (Lipinski definition) is 6. The number of carbonyl (C=O) groups is 4. The molecule has 0 bridgehead atoms. The van der Waals surface area contributed by atoms with E-state index in [0.29, 0.717) is 11.5 Å². The lowest BCUT2D eigenvalue weighted by atomic mass is 9.84. The number of imide groups is 1. The molecule has 0 aromatic heterocycles. The number of hydroxylamine groups is 2. The number of nitrogens with one attached hydrogen (secondary N) is 1. The number of carbonyl (C=O) groups excluding carboxylic acids is 4. The molecule has 0 radical (unpaired) electrons. The Labute approximate surface area is 207 Å². The highest BCUT2D eigenvalue weighted by atomic mass is 32.2. The molecule has 0 unspecified atom stereocenters. The third kappa shape index (κ3) is 5.12. The second-order valence-corrected chi connectivity index (χ2v) is 9.15. The molecule has 35 heavy (non-hydrogen) atoms. The molecule has 3 aromatic rings. The van der Waals surface area contributed by atoms with Gasteiger partial charge >= 0.3 is 5.97 Å². The SMILES string of the molecule is O=CN[C@@H](CSC(c1ccccc1)(c1ccccc1)c1ccccc1)C(=O)ON1C(=O)CCC1=O. The van der Waals surface area contributed by atoms with E-state index in [1.807, 2.05) is 91.0 Å². The predicted molar refractivity (Wildman–Crippen MR) is 132 cm³/mol. The Balaban J connectivity index is 1.71. The van der Waals surface area contributed by atoms with Crippen LogP contribution < -0.4 is 5.32 Å². The maximum atomic E-state index is 12.9. The van der Waals surface area contributed by atoms with Gasteiger partial charge in [0, 0.05) is 18.6 Å². The van der Waals surface area contributed by atoms with Gasteiger partial charge in [-0.15, -0.1) is 16.8 Å². The highest BCUT2D eigenvalue weighted by Crippen LogP contribution is 2.48. The predicted octanol–water partition coefficient (Wildman–Crippen LogP) is 3.43. The van der Waals surface area contributed by atoms with Crippen molar-refractivity contribution < 1.29 is 24.0 Å².